The molecule has 2 aromatic rings. The van der Waals surface area contributed by atoms with Gasteiger partial charge in [0, 0.05) is 18.1 Å². The molecular weight excluding hydrogens is 244 g/mol. The molecule has 19 heavy (non-hydrogen) atoms. The summed E-state index contributed by atoms with van der Waals surface area (Å²) in [6.07, 6.45) is 0.285. The molecule has 5 heteroatoms. The number of rotatable bonds is 5. The van der Waals surface area contributed by atoms with Crippen molar-refractivity contribution in [3.8, 4) is 17.1 Å². The summed E-state index contributed by atoms with van der Waals surface area (Å²) in [6, 6.07) is 11.4. The number of carbonyl (C=O) groups is 1. The van der Waals surface area contributed by atoms with Gasteiger partial charge in [-0.1, -0.05) is 30.3 Å². The van der Waals surface area contributed by atoms with Gasteiger partial charge < -0.3 is 9.84 Å². The van der Waals surface area contributed by atoms with Crippen molar-refractivity contribution in [2.24, 2.45) is 0 Å². The summed E-state index contributed by atoms with van der Waals surface area (Å²) in [4.78, 5) is 19.1. The molecule has 1 aromatic heterocycles. The first-order valence-electron chi connectivity index (χ1n) is 5.88. The molecule has 1 heterocycles. The molecule has 0 saturated heterocycles. The molecule has 0 atom stereocenters. The Balaban J connectivity index is 2.33. The van der Waals surface area contributed by atoms with Gasteiger partial charge in [0.05, 0.1) is 19.2 Å². The summed E-state index contributed by atoms with van der Waals surface area (Å²) >= 11 is 0. The van der Waals surface area contributed by atoms with Crippen LogP contribution in [0.1, 0.15) is 12.2 Å². The molecule has 0 aliphatic heterocycles. The van der Waals surface area contributed by atoms with E-state index in [0.717, 1.165) is 11.3 Å². The lowest BCUT2D eigenvalue weighted by molar-refractivity contribution is -0.137. The Morgan fingerprint density at radius 1 is 1.26 bits per heavy atom. The van der Waals surface area contributed by atoms with Crippen molar-refractivity contribution in [2.45, 2.75) is 12.8 Å². The Kier molecular flexibility index (Phi) is 4.07. The number of carboxylic acids is 1. The normalized spacial score (nSPS) is 10.2. The van der Waals surface area contributed by atoms with Crippen LogP contribution in [-0.4, -0.2) is 28.2 Å². The van der Waals surface area contributed by atoms with Crippen molar-refractivity contribution >= 4 is 5.97 Å². The number of hydrogen-bond acceptors (Lipinski definition) is 4. The Morgan fingerprint density at radius 2 is 2.00 bits per heavy atom. The molecule has 1 aromatic carbocycles. The third-order valence-corrected chi connectivity index (χ3v) is 2.59. The fraction of sp³-hybridized carbons (Fsp3) is 0.214. The first kappa shape index (κ1) is 13.0. The van der Waals surface area contributed by atoms with Gasteiger partial charge in [0.2, 0.25) is 5.88 Å². The number of methoxy groups -OCH3 is 1. The summed E-state index contributed by atoms with van der Waals surface area (Å²) in [5.74, 6) is 0.0440. The van der Waals surface area contributed by atoms with Crippen LogP contribution in [-0.2, 0) is 11.2 Å². The van der Waals surface area contributed by atoms with Gasteiger partial charge in [-0.15, -0.1) is 0 Å². The minimum absolute atomic E-state index is 0.00139. The molecule has 0 radical (unpaired) electrons. The largest absolute Gasteiger partial charge is 0.481 e. The van der Waals surface area contributed by atoms with Gasteiger partial charge in [-0.05, 0) is 0 Å². The van der Waals surface area contributed by atoms with E-state index in [4.69, 9.17) is 9.84 Å². The Labute approximate surface area is 110 Å². The lowest BCUT2D eigenvalue weighted by Crippen LogP contribution is -2.04. The van der Waals surface area contributed by atoms with Gasteiger partial charge in [0.1, 0.15) is 5.82 Å². The summed E-state index contributed by atoms with van der Waals surface area (Å²) in [7, 11) is 1.53. The molecule has 0 aliphatic carbocycles. The van der Waals surface area contributed by atoms with Crippen LogP contribution in [0.15, 0.2) is 36.4 Å². The number of nitrogens with zero attached hydrogens (tertiary/aromatic N) is 2. The minimum Gasteiger partial charge on any atom is -0.481 e. The van der Waals surface area contributed by atoms with E-state index in [-0.39, 0.29) is 12.8 Å². The number of ether oxygens (including phenoxy) is 1. The highest BCUT2D eigenvalue weighted by atomic mass is 16.5. The summed E-state index contributed by atoms with van der Waals surface area (Å²) in [5, 5.41) is 8.70. The highest BCUT2D eigenvalue weighted by Crippen LogP contribution is 2.20. The maximum atomic E-state index is 10.6. The van der Waals surface area contributed by atoms with Crippen LogP contribution < -0.4 is 4.74 Å². The number of hydrogen-bond donors (Lipinski definition) is 1. The minimum atomic E-state index is -0.868. The van der Waals surface area contributed by atoms with E-state index in [1.54, 1.807) is 6.07 Å². The Morgan fingerprint density at radius 3 is 2.63 bits per heavy atom. The van der Waals surface area contributed by atoms with Gasteiger partial charge in [0.15, 0.2) is 0 Å². The van der Waals surface area contributed by atoms with Crippen molar-refractivity contribution in [3.63, 3.8) is 0 Å². The summed E-state index contributed by atoms with van der Waals surface area (Å²) < 4.78 is 5.13. The molecule has 0 spiro atoms. The molecule has 0 saturated carbocycles. The zero-order chi connectivity index (χ0) is 13.7. The van der Waals surface area contributed by atoms with Crippen LogP contribution >= 0.6 is 0 Å². The molecule has 98 valence electrons. The van der Waals surface area contributed by atoms with E-state index < -0.39 is 5.97 Å². The molecule has 1 N–H and O–H groups in total. The van der Waals surface area contributed by atoms with Gasteiger partial charge in [-0.2, -0.15) is 4.98 Å². The SMILES string of the molecule is COc1cc(-c2ccccc2)nc(CCC(=O)O)n1. The smallest absolute Gasteiger partial charge is 0.303 e. The van der Waals surface area contributed by atoms with E-state index in [9.17, 15) is 4.79 Å². The van der Waals surface area contributed by atoms with Crippen LogP contribution in [0.3, 0.4) is 0 Å². The monoisotopic (exact) mass is 258 g/mol. The standard InChI is InChI=1S/C14H14N2O3/c1-19-13-9-11(10-5-3-2-4-6-10)15-12(16-13)7-8-14(17)18/h2-6,9H,7-8H2,1H3,(H,17,18). The van der Waals surface area contributed by atoms with Gasteiger partial charge >= 0.3 is 5.97 Å². The Hall–Kier alpha value is -2.43. The zero-order valence-corrected chi connectivity index (χ0v) is 10.5. The predicted molar refractivity (Wildman–Crippen MR) is 70.0 cm³/mol. The highest BCUT2D eigenvalue weighted by molar-refractivity contribution is 5.67. The lowest BCUT2D eigenvalue weighted by Gasteiger charge is -2.06. The highest BCUT2D eigenvalue weighted by Gasteiger charge is 2.08. The average molecular weight is 258 g/mol. The van der Waals surface area contributed by atoms with Crippen LogP contribution in [0.25, 0.3) is 11.3 Å². The van der Waals surface area contributed by atoms with E-state index in [0.29, 0.717) is 11.7 Å². The number of aryl methyl sites for hydroxylation is 1. The van der Waals surface area contributed by atoms with Gasteiger partial charge in [0.25, 0.3) is 0 Å². The Bertz CT molecular complexity index is 570. The number of carboxylic acid groups (broad SMARTS) is 1. The molecule has 2 rings (SSSR count). The summed E-state index contributed by atoms with van der Waals surface area (Å²) in [6.45, 7) is 0. The van der Waals surface area contributed by atoms with Crippen LogP contribution in [0.4, 0.5) is 0 Å². The second-order valence-electron chi connectivity index (χ2n) is 3.97. The maximum absolute atomic E-state index is 10.6. The molecular formula is C14H14N2O3. The number of benzene rings is 1. The summed E-state index contributed by atoms with van der Waals surface area (Å²) in [5.41, 5.74) is 1.67. The fourth-order valence-corrected chi connectivity index (χ4v) is 1.66. The zero-order valence-electron chi connectivity index (χ0n) is 10.5. The topological polar surface area (TPSA) is 72.3 Å². The van der Waals surface area contributed by atoms with E-state index in [1.807, 2.05) is 30.3 Å². The molecule has 0 unspecified atom stereocenters. The third-order valence-electron chi connectivity index (χ3n) is 2.59. The second-order valence-corrected chi connectivity index (χ2v) is 3.97. The average Bonchev–Trinajstić information content (AvgIpc) is 2.45. The second kappa shape index (κ2) is 5.95. The first-order valence-corrected chi connectivity index (χ1v) is 5.88. The van der Waals surface area contributed by atoms with Crippen LogP contribution in [0.2, 0.25) is 0 Å². The molecule has 0 amide bonds. The van der Waals surface area contributed by atoms with E-state index >= 15 is 0 Å². The third kappa shape index (κ3) is 3.51. The number of aliphatic carboxylic acids is 1. The van der Waals surface area contributed by atoms with E-state index in [1.165, 1.54) is 7.11 Å². The van der Waals surface area contributed by atoms with Crippen molar-refractivity contribution in [1.82, 2.24) is 9.97 Å². The number of aromatic nitrogens is 2. The quantitative estimate of drug-likeness (QED) is 0.889. The van der Waals surface area contributed by atoms with Crippen molar-refractivity contribution in [3.05, 3.63) is 42.2 Å². The molecule has 0 bridgehead atoms. The van der Waals surface area contributed by atoms with Crippen LogP contribution in [0.5, 0.6) is 5.88 Å². The maximum Gasteiger partial charge on any atom is 0.303 e. The lowest BCUT2D eigenvalue weighted by atomic mass is 10.1. The fourth-order valence-electron chi connectivity index (χ4n) is 1.66. The van der Waals surface area contributed by atoms with E-state index in [2.05, 4.69) is 9.97 Å². The van der Waals surface area contributed by atoms with Crippen LogP contribution in [0, 0.1) is 0 Å². The molecule has 0 fully saturated rings. The molecule has 5 nitrogen and oxygen atoms in total. The van der Waals surface area contributed by atoms with Gasteiger partial charge in [-0.3, -0.25) is 4.79 Å². The molecule has 0 aliphatic rings. The first-order chi connectivity index (χ1) is 9.19. The van der Waals surface area contributed by atoms with Crippen molar-refractivity contribution in [2.75, 3.05) is 7.11 Å². The van der Waals surface area contributed by atoms with Gasteiger partial charge in [-0.25, -0.2) is 4.98 Å². The predicted octanol–water partition coefficient (Wildman–Crippen LogP) is 2.17. The van der Waals surface area contributed by atoms with Crippen molar-refractivity contribution in [1.29, 1.82) is 0 Å². The van der Waals surface area contributed by atoms with Crippen molar-refractivity contribution < 1.29 is 14.6 Å².